The molecule has 0 radical (unpaired) electrons. The van der Waals surface area contributed by atoms with Crippen molar-refractivity contribution in [2.75, 3.05) is 13.1 Å². The quantitative estimate of drug-likeness (QED) is 0.358. The van der Waals surface area contributed by atoms with Gasteiger partial charge in [0, 0.05) is 53.9 Å². The maximum atomic E-state index is 15.2. The molecule has 1 fully saturated rings. The molecule has 0 spiro atoms. The fraction of sp³-hybridized carbons (Fsp3) is 0.222. The first-order chi connectivity index (χ1) is 18.1. The summed E-state index contributed by atoms with van der Waals surface area (Å²) in [4.78, 5) is 23.6. The lowest BCUT2D eigenvalue weighted by atomic mass is 10.0. The number of nitrogens with zero attached hydrogens (tertiary/aromatic N) is 7. The van der Waals surface area contributed by atoms with Gasteiger partial charge in [0.2, 0.25) is 0 Å². The molecule has 0 aliphatic carbocycles. The second-order valence-corrected chi connectivity index (χ2v) is 9.55. The number of halogens is 1. The molecule has 0 saturated carbocycles. The third-order valence-electron chi connectivity index (χ3n) is 6.95. The second-order valence-electron chi connectivity index (χ2n) is 9.55. The van der Waals surface area contributed by atoms with E-state index in [4.69, 9.17) is 4.98 Å². The van der Waals surface area contributed by atoms with Crippen LogP contribution in [0.1, 0.15) is 24.1 Å². The average molecular weight is 494 g/mol. The molecule has 7 rings (SSSR count). The van der Waals surface area contributed by atoms with Gasteiger partial charge in [-0.1, -0.05) is 0 Å². The number of fused-ring (bicyclic) bond motifs is 2. The highest BCUT2D eigenvalue weighted by Crippen LogP contribution is 2.33. The molecule has 1 saturated heterocycles. The zero-order chi connectivity index (χ0) is 24.9. The Balaban J connectivity index is 1.30. The predicted octanol–water partition coefficient (Wildman–Crippen LogP) is 4.79. The molecular formula is C27H24FN9. The number of pyridine rings is 2. The SMILES string of the molecule is Cc1cn(-c2ccnc3nc(-c4n[nH]c5cc(F)c(-c6cncc(CN7CCCC7)c6)cc45)[nH]c23)cn1. The number of hydrogen-bond acceptors (Lipinski definition) is 6. The number of benzene rings is 1. The van der Waals surface area contributed by atoms with E-state index in [0.29, 0.717) is 28.2 Å². The number of aromatic nitrogens is 8. The fourth-order valence-electron chi connectivity index (χ4n) is 5.14. The first-order valence-corrected chi connectivity index (χ1v) is 12.3. The van der Waals surface area contributed by atoms with Crippen LogP contribution in [-0.2, 0) is 6.54 Å². The summed E-state index contributed by atoms with van der Waals surface area (Å²) in [6, 6.07) is 7.24. The van der Waals surface area contributed by atoms with Crippen LogP contribution >= 0.6 is 0 Å². The lowest BCUT2D eigenvalue weighted by molar-refractivity contribution is 0.331. The van der Waals surface area contributed by atoms with Crippen LogP contribution < -0.4 is 0 Å². The minimum Gasteiger partial charge on any atom is -0.333 e. The van der Waals surface area contributed by atoms with Gasteiger partial charge in [-0.05, 0) is 56.6 Å². The third-order valence-corrected chi connectivity index (χ3v) is 6.95. The number of nitrogens with one attached hydrogen (secondary N) is 2. The Morgan fingerprint density at radius 2 is 1.97 bits per heavy atom. The molecule has 37 heavy (non-hydrogen) atoms. The maximum absolute atomic E-state index is 15.2. The van der Waals surface area contributed by atoms with Gasteiger partial charge < -0.3 is 9.55 Å². The molecule has 0 amide bonds. The summed E-state index contributed by atoms with van der Waals surface area (Å²) in [5, 5.41) is 8.19. The predicted molar refractivity (Wildman–Crippen MR) is 139 cm³/mol. The van der Waals surface area contributed by atoms with Crippen molar-refractivity contribution in [3.8, 4) is 28.3 Å². The van der Waals surface area contributed by atoms with Crippen LogP contribution in [0.3, 0.4) is 0 Å². The maximum Gasteiger partial charge on any atom is 0.180 e. The summed E-state index contributed by atoms with van der Waals surface area (Å²) in [5.74, 6) is 0.225. The van der Waals surface area contributed by atoms with Crippen molar-refractivity contribution < 1.29 is 4.39 Å². The Labute approximate surface area is 211 Å². The molecule has 1 aromatic carbocycles. The van der Waals surface area contributed by atoms with Crippen LogP contribution in [0, 0.1) is 12.7 Å². The smallest absolute Gasteiger partial charge is 0.180 e. The van der Waals surface area contributed by atoms with Crippen molar-refractivity contribution in [2.24, 2.45) is 0 Å². The zero-order valence-electron chi connectivity index (χ0n) is 20.2. The molecular weight excluding hydrogens is 469 g/mol. The third kappa shape index (κ3) is 3.86. The van der Waals surface area contributed by atoms with Crippen molar-refractivity contribution in [3.05, 3.63) is 72.5 Å². The molecule has 0 unspecified atom stereocenters. The van der Waals surface area contributed by atoms with Crippen LogP contribution in [0.4, 0.5) is 4.39 Å². The summed E-state index contributed by atoms with van der Waals surface area (Å²) in [7, 11) is 0. The molecule has 0 atom stereocenters. The van der Waals surface area contributed by atoms with E-state index in [-0.39, 0.29) is 5.82 Å². The van der Waals surface area contributed by atoms with Gasteiger partial charge in [-0.25, -0.2) is 19.3 Å². The van der Waals surface area contributed by atoms with Gasteiger partial charge >= 0.3 is 0 Å². The van der Waals surface area contributed by atoms with Gasteiger partial charge in [-0.2, -0.15) is 5.10 Å². The number of aromatic amines is 2. The van der Waals surface area contributed by atoms with Gasteiger partial charge in [-0.3, -0.25) is 15.0 Å². The van der Waals surface area contributed by atoms with E-state index in [1.54, 1.807) is 18.7 Å². The fourth-order valence-corrected chi connectivity index (χ4v) is 5.14. The molecule has 184 valence electrons. The summed E-state index contributed by atoms with van der Waals surface area (Å²) < 4.78 is 17.2. The van der Waals surface area contributed by atoms with Crippen LogP contribution in [0.2, 0.25) is 0 Å². The normalized spacial score (nSPS) is 14.3. The lowest BCUT2D eigenvalue weighted by Crippen LogP contribution is -2.18. The molecule has 0 bridgehead atoms. The molecule has 1 aliphatic heterocycles. The Bertz CT molecular complexity index is 1760. The van der Waals surface area contributed by atoms with Crippen LogP contribution in [-0.4, -0.2) is 57.7 Å². The van der Waals surface area contributed by atoms with E-state index >= 15 is 4.39 Å². The standard InChI is InChI=1S/C27H24FN9/c1-16-13-37(15-31-16)23-4-5-30-26-25(23)32-27(33-26)24-20-9-19(21(28)10-22(20)34-35-24)18-8-17(11-29-12-18)14-36-6-2-3-7-36/h4-5,8-13,15H,2-3,6-7,14H2,1H3,(H,34,35)(H,30,32,33). The number of imidazole rings is 2. The number of hydrogen-bond donors (Lipinski definition) is 2. The topological polar surface area (TPSA) is 104 Å². The Morgan fingerprint density at radius 1 is 1.08 bits per heavy atom. The van der Waals surface area contributed by atoms with E-state index in [0.717, 1.165) is 53.0 Å². The number of rotatable bonds is 5. The van der Waals surface area contributed by atoms with Gasteiger partial charge in [0.1, 0.15) is 17.0 Å². The summed E-state index contributed by atoms with van der Waals surface area (Å²) >= 11 is 0. The average Bonchev–Trinajstić information content (AvgIpc) is 3.70. The first-order valence-electron chi connectivity index (χ1n) is 12.3. The van der Waals surface area contributed by atoms with Crippen molar-refractivity contribution in [3.63, 3.8) is 0 Å². The Morgan fingerprint density at radius 3 is 2.81 bits per heavy atom. The van der Waals surface area contributed by atoms with Crippen LogP contribution in [0.5, 0.6) is 0 Å². The van der Waals surface area contributed by atoms with E-state index in [9.17, 15) is 0 Å². The summed E-state index contributed by atoms with van der Waals surface area (Å²) in [5.41, 5.74) is 6.63. The molecule has 6 aromatic rings. The van der Waals surface area contributed by atoms with E-state index < -0.39 is 0 Å². The lowest BCUT2D eigenvalue weighted by Gasteiger charge is -2.15. The van der Waals surface area contributed by atoms with Gasteiger partial charge in [0.15, 0.2) is 11.5 Å². The minimum absolute atomic E-state index is 0.327. The van der Waals surface area contributed by atoms with Crippen molar-refractivity contribution in [1.82, 2.24) is 44.6 Å². The molecule has 5 aromatic heterocycles. The second kappa shape index (κ2) is 8.59. The van der Waals surface area contributed by atoms with Gasteiger partial charge in [0.25, 0.3) is 0 Å². The zero-order valence-corrected chi connectivity index (χ0v) is 20.2. The molecule has 2 N–H and O–H groups in total. The number of likely N-dealkylation sites (tertiary alicyclic amines) is 1. The van der Waals surface area contributed by atoms with E-state index in [1.807, 2.05) is 42.1 Å². The van der Waals surface area contributed by atoms with Crippen molar-refractivity contribution >= 4 is 22.1 Å². The van der Waals surface area contributed by atoms with Crippen LogP contribution in [0.25, 0.3) is 50.4 Å². The van der Waals surface area contributed by atoms with Crippen molar-refractivity contribution in [1.29, 1.82) is 0 Å². The number of aryl methyl sites for hydroxylation is 1. The molecule has 6 heterocycles. The highest BCUT2D eigenvalue weighted by atomic mass is 19.1. The van der Waals surface area contributed by atoms with Gasteiger partial charge in [-0.15, -0.1) is 0 Å². The van der Waals surface area contributed by atoms with Crippen LogP contribution in [0.15, 0.2) is 55.4 Å². The van der Waals surface area contributed by atoms with E-state index in [2.05, 4.69) is 35.0 Å². The Hall–Kier alpha value is -4.44. The summed E-state index contributed by atoms with van der Waals surface area (Å²) in [6.07, 6.45) is 11.4. The summed E-state index contributed by atoms with van der Waals surface area (Å²) in [6.45, 7) is 4.96. The number of H-pyrrole nitrogens is 2. The molecule has 10 heteroatoms. The first kappa shape index (κ1) is 21.8. The van der Waals surface area contributed by atoms with Gasteiger partial charge in [0.05, 0.1) is 23.2 Å². The molecule has 9 nitrogen and oxygen atoms in total. The minimum atomic E-state index is -0.327. The largest absolute Gasteiger partial charge is 0.333 e. The molecule has 1 aliphatic rings. The highest BCUT2D eigenvalue weighted by Gasteiger charge is 2.19. The van der Waals surface area contributed by atoms with E-state index in [1.165, 1.54) is 18.9 Å². The highest BCUT2D eigenvalue weighted by molar-refractivity contribution is 5.96. The van der Waals surface area contributed by atoms with Crippen molar-refractivity contribution in [2.45, 2.75) is 26.3 Å². The monoisotopic (exact) mass is 493 g/mol. The Kier molecular flexibility index (Phi) is 5.07.